The van der Waals surface area contributed by atoms with Gasteiger partial charge in [0.1, 0.15) is 11.6 Å². The molecule has 0 amide bonds. The Balaban J connectivity index is 2.35. The van der Waals surface area contributed by atoms with Gasteiger partial charge in [0.2, 0.25) is 0 Å². The van der Waals surface area contributed by atoms with Gasteiger partial charge in [0.25, 0.3) is 0 Å². The molecule has 0 heterocycles. The number of anilines is 1. The quantitative estimate of drug-likeness (QED) is 0.570. The fraction of sp³-hybridized carbons (Fsp3) is 0.278. The SMILES string of the molecule is CN=C(Nc1cc(S(=O)CC(F)(F)F)c(C)cc1C)c1ccc(Cl)cc1. The minimum Gasteiger partial charge on any atom is -0.340 e. The summed E-state index contributed by atoms with van der Waals surface area (Å²) in [4.78, 5) is 4.34. The molecule has 2 aromatic carbocycles. The van der Waals surface area contributed by atoms with Crippen LogP contribution in [0.5, 0.6) is 0 Å². The molecule has 8 heteroatoms. The smallest absolute Gasteiger partial charge is 0.340 e. The van der Waals surface area contributed by atoms with Gasteiger partial charge in [0, 0.05) is 28.2 Å². The number of alkyl halides is 3. The summed E-state index contributed by atoms with van der Waals surface area (Å²) < 4.78 is 49.9. The van der Waals surface area contributed by atoms with Gasteiger partial charge in [-0.05, 0) is 55.3 Å². The fourth-order valence-electron chi connectivity index (χ4n) is 2.43. The Bertz CT molecular complexity index is 849. The number of hydrogen-bond donors (Lipinski definition) is 1. The van der Waals surface area contributed by atoms with Gasteiger partial charge < -0.3 is 5.32 Å². The van der Waals surface area contributed by atoms with Gasteiger partial charge in [-0.25, -0.2) is 0 Å². The van der Waals surface area contributed by atoms with Gasteiger partial charge in [0.15, 0.2) is 0 Å². The van der Waals surface area contributed by atoms with Crippen LogP contribution >= 0.6 is 11.6 Å². The second-order valence-electron chi connectivity index (χ2n) is 5.74. The maximum Gasteiger partial charge on any atom is 0.400 e. The molecular formula is C18H18ClF3N2OS. The van der Waals surface area contributed by atoms with Crippen molar-refractivity contribution in [3.05, 3.63) is 58.1 Å². The zero-order chi connectivity index (χ0) is 19.5. The number of halogens is 4. The summed E-state index contributed by atoms with van der Waals surface area (Å²) in [5.41, 5.74) is 2.69. The highest BCUT2D eigenvalue weighted by molar-refractivity contribution is 7.85. The second kappa shape index (κ2) is 8.22. The summed E-state index contributed by atoms with van der Waals surface area (Å²) in [6.45, 7) is 3.47. The summed E-state index contributed by atoms with van der Waals surface area (Å²) in [6.07, 6.45) is -4.49. The van der Waals surface area contributed by atoms with Crippen molar-refractivity contribution < 1.29 is 17.4 Å². The van der Waals surface area contributed by atoms with E-state index >= 15 is 0 Å². The maximum atomic E-state index is 12.6. The van der Waals surface area contributed by atoms with Crippen molar-refractivity contribution in [2.45, 2.75) is 24.9 Å². The Hall–Kier alpha value is -1.86. The van der Waals surface area contributed by atoms with Crippen LogP contribution in [0.4, 0.5) is 18.9 Å². The van der Waals surface area contributed by atoms with Gasteiger partial charge in [0.05, 0.1) is 10.8 Å². The summed E-state index contributed by atoms with van der Waals surface area (Å²) >= 11 is 5.88. The van der Waals surface area contributed by atoms with Gasteiger partial charge in [-0.3, -0.25) is 9.20 Å². The van der Waals surface area contributed by atoms with Crippen LogP contribution in [-0.4, -0.2) is 29.0 Å². The normalized spacial score (nSPS) is 13.6. The molecule has 2 rings (SSSR count). The first-order valence-electron chi connectivity index (χ1n) is 7.67. The Morgan fingerprint density at radius 1 is 1.15 bits per heavy atom. The van der Waals surface area contributed by atoms with Crippen LogP contribution in [0, 0.1) is 13.8 Å². The number of nitrogens with one attached hydrogen (secondary N) is 1. The molecule has 0 aliphatic rings. The maximum absolute atomic E-state index is 12.6. The molecule has 1 N–H and O–H groups in total. The Morgan fingerprint density at radius 3 is 2.31 bits per heavy atom. The van der Waals surface area contributed by atoms with E-state index in [1.165, 1.54) is 6.07 Å². The van der Waals surface area contributed by atoms with Crippen LogP contribution in [-0.2, 0) is 10.8 Å². The summed E-state index contributed by atoms with van der Waals surface area (Å²) in [5.74, 6) is -0.844. The first kappa shape index (κ1) is 20.5. The van der Waals surface area contributed by atoms with E-state index in [0.29, 0.717) is 22.1 Å². The molecule has 0 aliphatic carbocycles. The van der Waals surface area contributed by atoms with Crippen molar-refractivity contribution in [3.63, 3.8) is 0 Å². The van der Waals surface area contributed by atoms with E-state index in [0.717, 1.165) is 11.1 Å². The highest BCUT2D eigenvalue weighted by Crippen LogP contribution is 2.27. The average Bonchev–Trinajstić information content (AvgIpc) is 2.53. The third kappa shape index (κ3) is 5.32. The lowest BCUT2D eigenvalue weighted by molar-refractivity contribution is -0.105. The van der Waals surface area contributed by atoms with Crippen molar-refractivity contribution in [3.8, 4) is 0 Å². The van der Waals surface area contributed by atoms with Gasteiger partial charge >= 0.3 is 6.18 Å². The lowest BCUT2D eigenvalue weighted by atomic mass is 10.1. The predicted molar refractivity (Wildman–Crippen MR) is 101 cm³/mol. The van der Waals surface area contributed by atoms with Crippen LogP contribution in [0.2, 0.25) is 5.02 Å². The molecule has 0 bridgehead atoms. The van der Waals surface area contributed by atoms with Crippen LogP contribution in [0.25, 0.3) is 0 Å². The van der Waals surface area contributed by atoms with Gasteiger partial charge in [-0.1, -0.05) is 17.7 Å². The van der Waals surface area contributed by atoms with Crippen molar-refractivity contribution >= 4 is 33.9 Å². The number of benzene rings is 2. The minimum absolute atomic E-state index is 0.155. The molecule has 0 saturated carbocycles. The first-order valence-corrected chi connectivity index (χ1v) is 9.36. The van der Waals surface area contributed by atoms with Gasteiger partial charge in [-0.2, -0.15) is 13.2 Å². The molecule has 0 fully saturated rings. The van der Waals surface area contributed by atoms with Crippen molar-refractivity contribution in [2.24, 2.45) is 4.99 Å². The molecule has 0 saturated heterocycles. The number of rotatable bonds is 4. The van der Waals surface area contributed by atoms with E-state index in [1.54, 1.807) is 44.3 Å². The zero-order valence-electron chi connectivity index (χ0n) is 14.4. The summed E-state index contributed by atoms with van der Waals surface area (Å²) in [5, 5.41) is 3.69. The highest BCUT2D eigenvalue weighted by atomic mass is 35.5. The molecule has 3 nitrogen and oxygen atoms in total. The lowest BCUT2D eigenvalue weighted by Crippen LogP contribution is -2.20. The molecule has 26 heavy (non-hydrogen) atoms. The number of aliphatic imine (C=N–C) groups is 1. The van der Waals surface area contributed by atoms with Crippen molar-refractivity contribution in [1.29, 1.82) is 0 Å². The Labute approximate surface area is 157 Å². The molecule has 0 aliphatic heterocycles. The van der Waals surface area contributed by atoms with Crippen LogP contribution < -0.4 is 5.32 Å². The van der Waals surface area contributed by atoms with Crippen LogP contribution in [0.1, 0.15) is 16.7 Å². The topological polar surface area (TPSA) is 41.5 Å². The lowest BCUT2D eigenvalue weighted by Gasteiger charge is -2.16. The molecule has 140 valence electrons. The Morgan fingerprint density at radius 2 is 1.77 bits per heavy atom. The van der Waals surface area contributed by atoms with Crippen LogP contribution in [0.3, 0.4) is 0 Å². The van der Waals surface area contributed by atoms with Crippen molar-refractivity contribution in [1.82, 2.24) is 0 Å². The van der Waals surface area contributed by atoms with E-state index in [1.807, 2.05) is 6.92 Å². The number of aryl methyl sites for hydroxylation is 2. The second-order valence-corrected chi connectivity index (χ2v) is 7.60. The number of nitrogens with zero attached hydrogens (tertiary/aromatic N) is 1. The standard InChI is InChI=1S/C18H18ClF3N2OS/c1-11-8-12(2)16(26(25)10-18(20,21)22)9-15(11)24-17(23-3)13-4-6-14(19)7-5-13/h4-9H,10H2,1-3H3,(H,23,24). The van der Waals surface area contributed by atoms with Crippen LogP contribution in [0.15, 0.2) is 46.3 Å². The number of hydrogen-bond acceptors (Lipinski definition) is 2. The predicted octanol–water partition coefficient (Wildman–Crippen LogP) is 5.12. The first-order chi connectivity index (χ1) is 12.1. The Kier molecular flexibility index (Phi) is 6.47. The van der Waals surface area contributed by atoms with E-state index < -0.39 is 22.7 Å². The van der Waals surface area contributed by atoms with Gasteiger partial charge in [-0.15, -0.1) is 0 Å². The number of amidine groups is 1. The van der Waals surface area contributed by atoms with E-state index in [9.17, 15) is 17.4 Å². The zero-order valence-corrected chi connectivity index (χ0v) is 16.0. The molecule has 0 radical (unpaired) electrons. The highest BCUT2D eigenvalue weighted by Gasteiger charge is 2.31. The fourth-order valence-corrected chi connectivity index (χ4v) is 3.68. The average molecular weight is 403 g/mol. The summed E-state index contributed by atoms with van der Waals surface area (Å²) in [7, 11) is -0.569. The van der Waals surface area contributed by atoms with Crippen molar-refractivity contribution in [2.75, 3.05) is 18.1 Å². The molecule has 1 atom stereocenters. The van der Waals surface area contributed by atoms with E-state index in [4.69, 9.17) is 11.6 Å². The molecule has 0 spiro atoms. The third-order valence-corrected chi connectivity index (χ3v) is 5.43. The van der Waals surface area contributed by atoms with E-state index in [-0.39, 0.29) is 4.90 Å². The molecule has 0 aromatic heterocycles. The minimum atomic E-state index is -4.49. The summed E-state index contributed by atoms with van der Waals surface area (Å²) in [6, 6.07) is 10.2. The molecular weight excluding hydrogens is 385 g/mol. The van der Waals surface area contributed by atoms with E-state index in [2.05, 4.69) is 10.3 Å². The largest absolute Gasteiger partial charge is 0.400 e. The monoisotopic (exact) mass is 402 g/mol. The third-order valence-electron chi connectivity index (χ3n) is 3.66. The molecule has 2 aromatic rings. The molecule has 1 unspecified atom stereocenters.